The van der Waals surface area contributed by atoms with Crippen LogP contribution in [0.25, 0.3) is 0 Å². The van der Waals surface area contributed by atoms with Crippen LogP contribution in [0.15, 0.2) is 18.2 Å². The molecule has 2 heterocycles. The van der Waals surface area contributed by atoms with Crippen molar-refractivity contribution in [2.75, 3.05) is 39.3 Å². The number of benzene rings is 1. The normalized spacial score (nSPS) is 19.0. The van der Waals surface area contributed by atoms with E-state index in [9.17, 15) is 18.8 Å². The molecule has 7 heteroatoms. The number of nitrogens with zero attached hydrogens (tertiary/aromatic N) is 3. The molecule has 3 amide bonds. The summed E-state index contributed by atoms with van der Waals surface area (Å²) in [5.74, 6) is -0.728. The van der Waals surface area contributed by atoms with Gasteiger partial charge in [0, 0.05) is 57.7 Å². The first-order chi connectivity index (χ1) is 12.0. The number of carbonyl (C=O) groups is 3. The molecule has 25 heavy (non-hydrogen) atoms. The molecule has 0 radical (unpaired) electrons. The van der Waals surface area contributed by atoms with Gasteiger partial charge in [-0.05, 0) is 24.6 Å². The van der Waals surface area contributed by atoms with E-state index in [4.69, 9.17) is 0 Å². The Hall–Kier alpha value is -2.28. The van der Waals surface area contributed by atoms with Gasteiger partial charge in [-0.2, -0.15) is 0 Å². The van der Waals surface area contributed by atoms with Crippen LogP contribution in [0.4, 0.5) is 4.39 Å². The lowest BCUT2D eigenvalue weighted by Gasteiger charge is -2.35. The van der Waals surface area contributed by atoms with E-state index in [1.807, 2.05) is 0 Å². The first-order valence-corrected chi connectivity index (χ1v) is 8.56. The van der Waals surface area contributed by atoms with Gasteiger partial charge in [0.15, 0.2) is 0 Å². The van der Waals surface area contributed by atoms with Gasteiger partial charge in [-0.3, -0.25) is 24.2 Å². The molecule has 1 aromatic carbocycles. The highest BCUT2D eigenvalue weighted by molar-refractivity contribution is 6.01. The molecule has 1 aromatic rings. The lowest BCUT2D eigenvalue weighted by molar-refractivity contribution is -0.138. The number of carbonyl (C=O) groups excluding carboxylic acids is 3. The highest BCUT2D eigenvalue weighted by Crippen LogP contribution is 2.14. The molecule has 0 saturated carbocycles. The van der Waals surface area contributed by atoms with Crippen LogP contribution < -0.4 is 0 Å². The number of imide groups is 1. The second kappa shape index (κ2) is 7.31. The number of rotatable bonds is 4. The predicted molar refractivity (Wildman–Crippen MR) is 89.4 cm³/mol. The Balaban J connectivity index is 1.49. The second-order valence-electron chi connectivity index (χ2n) is 6.54. The average Bonchev–Trinajstić information content (AvgIpc) is 2.93. The van der Waals surface area contributed by atoms with Crippen LogP contribution in [0.5, 0.6) is 0 Å². The van der Waals surface area contributed by atoms with Crippen LogP contribution >= 0.6 is 0 Å². The van der Waals surface area contributed by atoms with E-state index < -0.39 is 0 Å². The van der Waals surface area contributed by atoms with Crippen LogP contribution in [-0.2, 0) is 9.59 Å². The second-order valence-corrected chi connectivity index (χ2v) is 6.54. The van der Waals surface area contributed by atoms with Crippen molar-refractivity contribution >= 4 is 17.7 Å². The number of halogens is 1. The van der Waals surface area contributed by atoms with E-state index in [1.165, 1.54) is 11.0 Å². The maximum atomic E-state index is 13.6. The number of likely N-dealkylation sites (tertiary alicyclic amines) is 1. The van der Waals surface area contributed by atoms with Crippen molar-refractivity contribution in [3.8, 4) is 0 Å². The molecule has 0 aliphatic carbocycles. The summed E-state index contributed by atoms with van der Waals surface area (Å²) in [5, 5.41) is 0. The monoisotopic (exact) mass is 347 g/mol. The first-order valence-electron chi connectivity index (χ1n) is 8.56. The van der Waals surface area contributed by atoms with Crippen LogP contribution in [-0.4, -0.2) is 71.7 Å². The Kier molecular flexibility index (Phi) is 5.13. The number of aryl methyl sites for hydroxylation is 1. The fourth-order valence-electron chi connectivity index (χ4n) is 3.20. The van der Waals surface area contributed by atoms with Crippen LogP contribution in [0.3, 0.4) is 0 Å². The molecule has 134 valence electrons. The van der Waals surface area contributed by atoms with Crippen molar-refractivity contribution in [2.45, 2.75) is 19.8 Å². The third kappa shape index (κ3) is 3.87. The topological polar surface area (TPSA) is 60.9 Å². The summed E-state index contributed by atoms with van der Waals surface area (Å²) < 4.78 is 13.6. The molecule has 0 N–H and O–H groups in total. The highest BCUT2D eigenvalue weighted by atomic mass is 19.1. The summed E-state index contributed by atoms with van der Waals surface area (Å²) in [6.45, 7) is 5.16. The molecule has 0 atom stereocenters. The van der Waals surface area contributed by atoms with Gasteiger partial charge in [0.2, 0.25) is 11.8 Å². The zero-order chi connectivity index (χ0) is 18.0. The molecule has 2 saturated heterocycles. The molecular weight excluding hydrogens is 325 g/mol. The van der Waals surface area contributed by atoms with E-state index in [1.54, 1.807) is 24.0 Å². The Morgan fingerprint density at radius 3 is 2.28 bits per heavy atom. The fourth-order valence-corrected chi connectivity index (χ4v) is 3.20. The lowest BCUT2D eigenvalue weighted by atomic mass is 10.1. The van der Waals surface area contributed by atoms with Gasteiger partial charge >= 0.3 is 0 Å². The smallest absolute Gasteiger partial charge is 0.254 e. The van der Waals surface area contributed by atoms with Crippen molar-refractivity contribution in [3.05, 3.63) is 35.1 Å². The molecule has 6 nitrogen and oxygen atoms in total. The Bertz CT molecular complexity index is 683. The van der Waals surface area contributed by atoms with Crippen molar-refractivity contribution in [3.63, 3.8) is 0 Å². The van der Waals surface area contributed by atoms with E-state index in [0.29, 0.717) is 63.2 Å². The van der Waals surface area contributed by atoms with Gasteiger partial charge in [-0.1, -0.05) is 6.07 Å². The molecule has 0 bridgehead atoms. The third-order valence-electron chi connectivity index (χ3n) is 4.87. The zero-order valence-electron chi connectivity index (χ0n) is 14.3. The number of hydrogen-bond acceptors (Lipinski definition) is 4. The van der Waals surface area contributed by atoms with E-state index >= 15 is 0 Å². The SMILES string of the molecule is Cc1ccc(C(=O)N2CCN(CCN3C(=O)CCC3=O)CC2)cc1F. The summed E-state index contributed by atoms with van der Waals surface area (Å²) >= 11 is 0. The van der Waals surface area contributed by atoms with Crippen LogP contribution in [0.1, 0.15) is 28.8 Å². The predicted octanol–water partition coefficient (Wildman–Crippen LogP) is 1.04. The molecule has 0 spiro atoms. The quantitative estimate of drug-likeness (QED) is 0.764. The van der Waals surface area contributed by atoms with E-state index in [2.05, 4.69) is 4.90 Å². The zero-order valence-corrected chi connectivity index (χ0v) is 14.3. The highest BCUT2D eigenvalue weighted by Gasteiger charge is 2.29. The summed E-state index contributed by atoms with van der Waals surface area (Å²) in [4.78, 5) is 40.9. The van der Waals surface area contributed by atoms with Crippen LogP contribution in [0.2, 0.25) is 0 Å². The summed E-state index contributed by atoms with van der Waals surface area (Å²) in [5.41, 5.74) is 0.886. The van der Waals surface area contributed by atoms with Gasteiger partial charge in [0.25, 0.3) is 5.91 Å². The first kappa shape index (κ1) is 17.5. The van der Waals surface area contributed by atoms with E-state index in [-0.39, 0.29) is 23.5 Å². The summed E-state index contributed by atoms with van der Waals surface area (Å²) in [7, 11) is 0. The molecule has 2 aliphatic rings. The third-order valence-corrected chi connectivity index (χ3v) is 4.87. The fraction of sp³-hybridized carbons (Fsp3) is 0.500. The average molecular weight is 347 g/mol. The molecule has 2 aliphatic heterocycles. The minimum atomic E-state index is -0.371. The standard InChI is InChI=1S/C18H22FN3O3/c1-13-2-3-14(12-15(13)19)18(25)21-9-6-20(7-10-21)8-11-22-16(23)4-5-17(22)24/h2-3,12H,4-11H2,1H3. The van der Waals surface area contributed by atoms with Crippen molar-refractivity contribution in [1.29, 1.82) is 0 Å². The maximum absolute atomic E-state index is 13.6. The largest absolute Gasteiger partial charge is 0.336 e. The summed E-state index contributed by atoms with van der Waals surface area (Å²) in [6.07, 6.45) is 0.627. The number of hydrogen-bond donors (Lipinski definition) is 0. The van der Waals surface area contributed by atoms with Gasteiger partial charge in [-0.25, -0.2) is 4.39 Å². The van der Waals surface area contributed by atoms with Gasteiger partial charge in [0.05, 0.1) is 0 Å². The Morgan fingerprint density at radius 1 is 1.04 bits per heavy atom. The van der Waals surface area contributed by atoms with Crippen molar-refractivity contribution in [2.24, 2.45) is 0 Å². The molecular formula is C18H22FN3O3. The Labute approximate surface area is 146 Å². The minimum Gasteiger partial charge on any atom is -0.336 e. The maximum Gasteiger partial charge on any atom is 0.254 e. The van der Waals surface area contributed by atoms with Crippen LogP contribution in [0, 0.1) is 12.7 Å². The minimum absolute atomic E-state index is 0.0970. The number of piperazine rings is 1. The van der Waals surface area contributed by atoms with Crippen molar-refractivity contribution in [1.82, 2.24) is 14.7 Å². The number of amides is 3. The van der Waals surface area contributed by atoms with Gasteiger partial charge in [0.1, 0.15) is 5.82 Å². The molecule has 0 aromatic heterocycles. The van der Waals surface area contributed by atoms with Gasteiger partial charge in [-0.15, -0.1) is 0 Å². The lowest BCUT2D eigenvalue weighted by Crippen LogP contribution is -2.50. The summed E-state index contributed by atoms with van der Waals surface area (Å²) in [6, 6.07) is 4.55. The van der Waals surface area contributed by atoms with E-state index in [0.717, 1.165) is 0 Å². The van der Waals surface area contributed by atoms with Gasteiger partial charge < -0.3 is 4.90 Å². The van der Waals surface area contributed by atoms with Crippen molar-refractivity contribution < 1.29 is 18.8 Å². The molecule has 3 rings (SSSR count). The Morgan fingerprint density at radius 2 is 1.68 bits per heavy atom. The molecule has 2 fully saturated rings. The molecule has 0 unspecified atom stereocenters.